The smallest absolute Gasteiger partial charge is 0.237 e. The quantitative estimate of drug-likeness (QED) is 0.830. The largest absolute Gasteiger partial charge is 0.368 e. The van der Waals surface area contributed by atoms with Crippen LogP contribution in [-0.2, 0) is 9.59 Å². The molecule has 25 heavy (non-hydrogen) atoms. The number of hydrogen-bond donors (Lipinski definition) is 1. The second-order valence-corrected chi connectivity index (χ2v) is 7.48. The number of nitrogens with zero attached hydrogens (tertiary/aromatic N) is 2. The number of nitrogens with one attached hydrogen (secondary N) is 1. The maximum absolute atomic E-state index is 13.0. The van der Waals surface area contributed by atoms with Crippen LogP contribution in [0.2, 0.25) is 0 Å². The van der Waals surface area contributed by atoms with Gasteiger partial charge in [0.2, 0.25) is 11.8 Å². The normalized spacial score (nSPS) is 15.4. The first-order valence-electron chi connectivity index (χ1n) is 8.80. The predicted molar refractivity (Wildman–Crippen MR) is 96.8 cm³/mol. The molecule has 1 aliphatic heterocycles. The van der Waals surface area contributed by atoms with Crippen molar-refractivity contribution in [3.8, 4) is 0 Å². The third kappa shape index (κ3) is 4.71. The fourth-order valence-electron chi connectivity index (χ4n) is 2.83. The first-order chi connectivity index (χ1) is 11.7. The summed E-state index contributed by atoms with van der Waals surface area (Å²) in [6.45, 7) is 10.4. The van der Waals surface area contributed by atoms with Crippen LogP contribution < -0.4 is 10.2 Å². The van der Waals surface area contributed by atoms with Crippen LogP contribution in [0.3, 0.4) is 0 Å². The van der Waals surface area contributed by atoms with Gasteiger partial charge in [-0.15, -0.1) is 0 Å². The number of amides is 2. The summed E-state index contributed by atoms with van der Waals surface area (Å²) in [6.07, 6.45) is 0. The van der Waals surface area contributed by atoms with Crippen molar-refractivity contribution < 1.29 is 14.0 Å². The Labute approximate surface area is 149 Å². The van der Waals surface area contributed by atoms with Crippen molar-refractivity contribution in [2.24, 2.45) is 11.3 Å². The fourth-order valence-corrected chi connectivity index (χ4v) is 2.83. The van der Waals surface area contributed by atoms with E-state index in [0.29, 0.717) is 38.6 Å². The summed E-state index contributed by atoms with van der Waals surface area (Å²) in [5.74, 6) is -0.291. The van der Waals surface area contributed by atoms with Crippen molar-refractivity contribution >= 4 is 17.5 Å². The van der Waals surface area contributed by atoms with Crippen LogP contribution in [0.1, 0.15) is 27.7 Å². The molecule has 5 nitrogen and oxygen atoms in total. The van der Waals surface area contributed by atoms with Crippen LogP contribution in [0.15, 0.2) is 24.3 Å². The molecule has 1 N–H and O–H groups in total. The van der Waals surface area contributed by atoms with Gasteiger partial charge in [0.05, 0.1) is 0 Å². The van der Waals surface area contributed by atoms with E-state index in [0.717, 1.165) is 5.69 Å². The molecule has 0 saturated carbocycles. The van der Waals surface area contributed by atoms with E-state index in [4.69, 9.17) is 0 Å². The highest BCUT2D eigenvalue weighted by Crippen LogP contribution is 2.22. The third-order valence-electron chi connectivity index (χ3n) is 4.53. The summed E-state index contributed by atoms with van der Waals surface area (Å²) in [5.41, 5.74) is -0.130. The van der Waals surface area contributed by atoms with Crippen LogP contribution in [0.5, 0.6) is 0 Å². The van der Waals surface area contributed by atoms with Crippen molar-refractivity contribution in [2.75, 3.05) is 37.6 Å². The molecule has 6 heteroatoms. The van der Waals surface area contributed by atoms with Gasteiger partial charge >= 0.3 is 0 Å². The fraction of sp³-hybridized carbons (Fsp3) is 0.579. The van der Waals surface area contributed by atoms with Crippen LogP contribution in [-0.4, -0.2) is 49.4 Å². The Morgan fingerprint density at radius 3 is 2.20 bits per heavy atom. The Kier molecular flexibility index (Phi) is 6.03. The van der Waals surface area contributed by atoms with Crippen molar-refractivity contribution in [3.05, 3.63) is 30.1 Å². The van der Waals surface area contributed by atoms with E-state index in [-0.39, 0.29) is 17.6 Å². The molecular formula is C19H28FN3O2. The maximum atomic E-state index is 13.0. The van der Waals surface area contributed by atoms with E-state index in [9.17, 15) is 14.0 Å². The molecule has 0 radical (unpaired) electrons. The number of hydrogen-bond acceptors (Lipinski definition) is 3. The molecule has 138 valence electrons. The topological polar surface area (TPSA) is 52.7 Å². The molecule has 1 aromatic rings. The van der Waals surface area contributed by atoms with Gasteiger partial charge in [-0.3, -0.25) is 9.59 Å². The highest BCUT2D eigenvalue weighted by atomic mass is 19.1. The minimum atomic E-state index is -1.08. The number of anilines is 1. The molecule has 1 heterocycles. The number of benzene rings is 1. The minimum absolute atomic E-state index is 0.146. The summed E-state index contributed by atoms with van der Waals surface area (Å²) >= 11 is 0. The monoisotopic (exact) mass is 349 g/mol. The molecule has 1 aromatic carbocycles. The van der Waals surface area contributed by atoms with Gasteiger partial charge in [0.1, 0.15) is 11.2 Å². The van der Waals surface area contributed by atoms with Crippen molar-refractivity contribution in [2.45, 2.75) is 27.7 Å². The van der Waals surface area contributed by atoms with E-state index >= 15 is 0 Å². The summed E-state index contributed by atoms with van der Waals surface area (Å²) in [4.78, 5) is 29.0. The average Bonchev–Trinajstić information content (AvgIpc) is 2.59. The average molecular weight is 349 g/mol. The molecule has 0 atom stereocenters. The highest BCUT2D eigenvalue weighted by Gasteiger charge is 2.39. The van der Waals surface area contributed by atoms with Gasteiger partial charge in [-0.1, -0.05) is 13.8 Å². The van der Waals surface area contributed by atoms with Crippen molar-refractivity contribution in [1.29, 1.82) is 0 Å². The highest BCUT2D eigenvalue weighted by molar-refractivity contribution is 6.04. The Morgan fingerprint density at radius 2 is 1.68 bits per heavy atom. The number of carbonyl (C=O) groups excluding carboxylic acids is 2. The lowest BCUT2D eigenvalue weighted by molar-refractivity contribution is -0.148. The Morgan fingerprint density at radius 1 is 1.12 bits per heavy atom. The molecular weight excluding hydrogens is 321 g/mol. The Bertz CT molecular complexity index is 606. The summed E-state index contributed by atoms with van der Waals surface area (Å²) in [6, 6.07) is 6.37. The second-order valence-electron chi connectivity index (χ2n) is 7.48. The van der Waals surface area contributed by atoms with Crippen molar-refractivity contribution in [1.82, 2.24) is 10.2 Å². The van der Waals surface area contributed by atoms with Crippen LogP contribution >= 0.6 is 0 Å². The van der Waals surface area contributed by atoms with Gasteiger partial charge in [-0.05, 0) is 44.0 Å². The molecule has 0 aliphatic carbocycles. The van der Waals surface area contributed by atoms with Crippen LogP contribution in [0.25, 0.3) is 0 Å². The molecule has 2 amide bonds. The summed E-state index contributed by atoms with van der Waals surface area (Å²) < 4.78 is 13.0. The molecule has 1 saturated heterocycles. The SMILES string of the molecule is CC(C)CNC(=O)C(C)(C)C(=O)N1CCN(c2ccc(F)cc2)CC1. The Hall–Kier alpha value is -2.11. The summed E-state index contributed by atoms with van der Waals surface area (Å²) in [7, 11) is 0. The molecule has 2 rings (SSSR count). The molecule has 0 spiro atoms. The molecule has 1 aliphatic rings. The molecule has 0 aromatic heterocycles. The zero-order valence-electron chi connectivity index (χ0n) is 15.5. The Balaban J connectivity index is 1.93. The van der Waals surface area contributed by atoms with E-state index in [1.807, 2.05) is 13.8 Å². The van der Waals surface area contributed by atoms with Crippen molar-refractivity contribution in [3.63, 3.8) is 0 Å². The maximum Gasteiger partial charge on any atom is 0.237 e. The molecule has 0 unspecified atom stereocenters. The number of carbonyl (C=O) groups is 2. The number of piperazine rings is 1. The minimum Gasteiger partial charge on any atom is -0.368 e. The predicted octanol–water partition coefficient (Wildman–Crippen LogP) is 2.27. The summed E-state index contributed by atoms with van der Waals surface area (Å²) in [5, 5.41) is 2.85. The first kappa shape index (κ1) is 19.2. The van der Waals surface area contributed by atoms with Gasteiger partial charge in [0, 0.05) is 38.4 Å². The van der Waals surface area contributed by atoms with E-state index in [1.165, 1.54) is 12.1 Å². The first-order valence-corrected chi connectivity index (χ1v) is 8.80. The van der Waals surface area contributed by atoms with E-state index in [2.05, 4.69) is 10.2 Å². The van der Waals surface area contributed by atoms with Crippen LogP contribution in [0, 0.1) is 17.2 Å². The number of rotatable bonds is 5. The molecule has 0 bridgehead atoms. The van der Waals surface area contributed by atoms with E-state index < -0.39 is 5.41 Å². The van der Waals surface area contributed by atoms with E-state index in [1.54, 1.807) is 30.9 Å². The standard InChI is InChI=1S/C19H28FN3O2/c1-14(2)13-21-17(24)19(3,4)18(25)23-11-9-22(10-12-23)16-7-5-15(20)6-8-16/h5-8,14H,9-13H2,1-4H3,(H,21,24). The lowest BCUT2D eigenvalue weighted by Gasteiger charge is -2.39. The lowest BCUT2D eigenvalue weighted by Crippen LogP contribution is -2.55. The number of halogens is 1. The molecule has 1 fully saturated rings. The van der Waals surface area contributed by atoms with Gasteiger partial charge in [-0.25, -0.2) is 4.39 Å². The zero-order valence-corrected chi connectivity index (χ0v) is 15.5. The van der Waals surface area contributed by atoms with Gasteiger partial charge in [0.15, 0.2) is 0 Å². The van der Waals surface area contributed by atoms with Gasteiger partial charge in [0.25, 0.3) is 0 Å². The van der Waals surface area contributed by atoms with Crippen LogP contribution in [0.4, 0.5) is 10.1 Å². The van der Waals surface area contributed by atoms with Gasteiger partial charge in [-0.2, -0.15) is 0 Å². The van der Waals surface area contributed by atoms with Gasteiger partial charge < -0.3 is 15.1 Å². The third-order valence-corrected chi connectivity index (χ3v) is 4.53. The lowest BCUT2D eigenvalue weighted by atomic mass is 9.89. The zero-order chi connectivity index (χ0) is 18.6. The second kappa shape index (κ2) is 7.85.